The molecular formula is C28H24N4O13S6. The van der Waals surface area contributed by atoms with Gasteiger partial charge in [0, 0.05) is 17.5 Å². The predicted molar refractivity (Wildman–Crippen MR) is 191 cm³/mol. The Labute approximate surface area is 307 Å². The van der Waals surface area contributed by atoms with Crippen LogP contribution < -0.4 is 25.2 Å². The maximum Gasteiger partial charge on any atom is 0.323 e. The number of anilines is 1. The van der Waals surface area contributed by atoms with Gasteiger partial charge >= 0.3 is 17.9 Å². The van der Waals surface area contributed by atoms with Crippen molar-refractivity contribution in [1.29, 1.82) is 0 Å². The second-order valence-corrected chi connectivity index (χ2v) is 16.7. The first kappa shape index (κ1) is 38.0. The van der Waals surface area contributed by atoms with Crippen molar-refractivity contribution in [3.63, 3.8) is 0 Å². The summed E-state index contributed by atoms with van der Waals surface area (Å²) in [6.07, 6.45) is 1.36. The van der Waals surface area contributed by atoms with Crippen molar-refractivity contribution in [2.75, 3.05) is 30.9 Å². The fourth-order valence-electron chi connectivity index (χ4n) is 4.93. The van der Waals surface area contributed by atoms with E-state index in [0.717, 1.165) is 18.9 Å². The van der Waals surface area contributed by atoms with E-state index in [0.29, 0.717) is 45.2 Å². The highest BCUT2D eigenvalue weighted by molar-refractivity contribution is 8.30. The van der Waals surface area contributed by atoms with Gasteiger partial charge in [0.2, 0.25) is 0 Å². The molecule has 17 nitrogen and oxygen atoms in total. The number of thioether (sulfide) groups is 2. The average Bonchev–Trinajstić information content (AvgIpc) is 3.73. The number of allylic oxidation sites excluding steroid dienone is 1. The molecule has 0 radical (unpaired) electrons. The number of amides is 1. The molecule has 0 unspecified atom stereocenters. The minimum atomic E-state index is -4.25. The first-order chi connectivity index (χ1) is 24.0. The minimum absolute atomic E-state index is 0.0324. The van der Waals surface area contributed by atoms with Crippen molar-refractivity contribution in [2.24, 2.45) is 0 Å². The Morgan fingerprint density at radius 3 is 2.12 bits per heavy atom. The van der Waals surface area contributed by atoms with Gasteiger partial charge in [0.1, 0.15) is 47.7 Å². The van der Waals surface area contributed by atoms with Crippen LogP contribution in [-0.2, 0) is 47.1 Å². The molecule has 1 amide bonds. The van der Waals surface area contributed by atoms with E-state index in [9.17, 15) is 57.1 Å². The van der Waals surface area contributed by atoms with Crippen LogP contribution in [-0.4, -0.2) is 96.4 Å². The van der Waals surface area contributed by atoms with Gasteiger partial charge in [-0.2, -0.15) is 8.42 Å². The molecule has 2 aliphatic rings. The van der Waals surface area contributed by atoms with Crippen molar-refractivity contribution in [1.82, 2.24) is 14.0 Å². The molecule has 1 saturated heterocycles. The zero-order valence-corrected chi connectivity index (χ0v) is 30.7. The fourth-order valence-corrected chi connectivity index (χ4v) is 10.4. The number of aromatic nitrogens is 2. The lowest BCUT2D eigenvalue weighted by Gasteiger charge is -2.21. The number of thiazole rings is 2. The maximum atomic E-state index is 13.8. The maximum absolute atomic E-state index is 13.8. The summed E-state index contributed by atoms with van der Waals surface area (Å²) in [5.41, 5.74) is -1.09. The highest BCUT2D eigenvalue weighted by atomic mass is 32.2. The molecule has 0 spiro atoms. The van der Waals surface area contributed by atoms with Gasteiger partial charge in [0.05, 0.1) is 23.1 Å². The first-order valence-corrected chi connectivity index (χ1v) is 19.5. The molecule has 1 aromatic carbocycles. The van der Waals surface area contributed by atoms with Crippen molar-refractivity contribution < 1.29 is 52.2 Å². The molecule has 2 aliphatic heterocycles. The largest absolute Gasteiger partial charge is 0.494 e. The summed E-state index contributed by atoms with van der Waals surface area (Å²) in [5.74, 6) is -5.53. The van der Waals surface area contributed by atoms with E-state index in [1.54, 1.807) is 23.1 Å². The Bertz CT molecular complexity index is 2500. The number of rotatable bonds is 12. The molecule has 0 aliphatic carbocycles. The van der Waals surface area contributed by atoms with Crippen molar-refractivity contribution in [3.05, 3.63) is 74.2 Å². The van der Waals surface area contributed by atoms with Gasteiger partial charge in [-0.05, 0) is 18.6 Å². The van der Waals surface area contributed by atoms with E-state index in [4.69, 9.17) is 17.0 Å². The summed E-state index contributed by atoms with van der Waals surface area (Å²) < 4.78 is 38.4. The summed E-state index contributed by atoms with van der Waals surface area (Å²) in [7, 11) is -2.93. The third kappa shape index (κ3) is 8.13. The Kier molecular flexibility index (Phi) is 11.3. The van der Waals surface area contributed by atoms with E-state index in [1.807, 2.05) is 6.07 Å². The van der Waals surface area contributed by atoms with E-state index < -0.39 is 70.4 Å². The SMILES string of the molecule is CO/C(C=c1s/c(=c2/s/c(=C3/SC(=S)N(CC(=O)O)C3=O)n(CC(=O)O)c2=O)n(CC(=O)O)c1=O)=C1\Sc2ccccc2N1CCCS(=O)(=O)O. The van der Waals surface area contributed by atoms with Crippen LogP contribution >= 0.6 is 58.4 Å². The lowest BCUT2D eigenvalue weighted by molar-refractivity contribution is -0.140. The van der Waals surface area contributed by atoms with E-state index in [1.165, 1.54) is 24.9 Å². The van der Waals surface area contributed by atoms with E-state index in [2.05, 4.69) is 0 Å². The summed E-state index contributed by atoms with van der Waals surface area (Å²) >= 11 is 8.39. The Hall–Kier alpha value is -4.26. The molecular weight excluding hydrogens is 793 g/mol. The number of nitrogens with zero attached hydrogens (tertiary/aromatic N) is 4. The molecule has 0 bridgehead atoms. The monoisotopic (exact) mass is 816 g/mol. The zero-order valence-electron chi connectivity index (χ0n) is 25.8. The molecule has 0 atom stereocenters. The summed E-state index contributed by atoms with van der Waals surface area (Å²) in [6.45, 7) is -2.47. The van der Waals surface area contributed by atoms with Gasteiger partial charge in [-0.25, -0.2) is 0 Å². The second kappa shape index (κ2) is 15.1. The highest BCUT2D eigenvalue weighted by Crippen LogP contribution is 2.47. The number of methoxy groups -OCH3 is 1. The average molecular weight is 817 g/mol. The van der Waals surface area contributed by atoms with Crippen molar-refractivity contribution in [3.8, 4) is 0 Å². The molecule has 2 aromatic heterocycles. The fraction of sp³-hybridized carbons (Fsp3) is 0.250. The number of carboxylic acid groups (broad SMARTS) is 3. The van der Waals surface area contributed by atoms with Crippen LogP contribution in [0.4, 0.5) is 5.69 Å². The van der Waals surface area contributed by atoms with E-state index >= 15 is 0 Å². The van der Waals surface area contributed by atoms with Gasteiger partial charge in [0.25, 0.3) is 27.1 Å². The quantitative estimate of drug-likeness (QED) is 0.108. The van der Waals surface area contributed by atoms with Gasteiger partial charge in [0.15, 0.2) is 5.76 Å². The van der Waals surface area contributed by atoms with Crippen LogP contribution in [0.5, 0.6) is 0 Å². The summed E-state index contributed by atoms with van der Waals surface area (Å²) in [4.78, 5) is 78.8. The lowest BCUT2D eigenvalue weighted by atomic mass is 10.2. The number of carbonyl (C=O) groups excluding carboxylic acids is 1. The summed E-state index contributed by atoms with van der Waals surface area (Å²) in [6, 6.07) is 7.16. The molecule has 0 saturated carbocycles. The number of ether oxygens (including phenoxy) is 1. The second-order valence-electron chi connectivity index (χ2n) is 10.4. The summed E-state index contributed by atoms with van der Waals surface area (Å²) in [5, 5.41) is 28.9. The number of benzene rings is 1. The number of hydrogen-bond donors (Lipinski definition) is 4. The number of carbonyl (C=O) groups is 4. The van der Waals surface area contributed by atoms with Crippen molar-refractivity contribution in [2.45, 2.75) is 24.4 Å². The highest BCUT2D eigenvalue weighted by Gasteiger charge is 2.36. The normalized spacial score (nSPS) is 17.6. The lowest BCUT2D eigenvalue weighted by Crippen LogP contribution is -2.35. The number of thiocarbonyl (C=S) groups is 1. The standard InChI is InChI=1S/C28H24N4O13S6/c1-45-14(25-29(7-4-8-51(42,43)44)13-5-2-3-6-15(13)47-25)9-16-22(39)30(10-17(33)34)26(48-16)20-23(40)31(11-18(35)36)27(49-20)21-24(41)32(12-19(37)38)28(46)50-21/h2-3,5-6,9H,4,7-8,10-12H2,1H3,(H,33,34)(H,35,36)(H,37,38)(H,42,43,44)/b16-9?,25-14-,26-20+,27-21+. The smallest absolute Gasteiger partial charge is 0.323 e. The Balaban J connectivity index is 1.78. The number of carboxylic acids is 3. The number of hydrogen-bond acceptors (Lipinski definition) is 15. The van der Waals surface area contributed by atoms with Crippen LogP contribution in [0, 0.1) is 9.20 Å². The zero-order chi connectivity index (χ0) is 37.4. The molecule has 4 heterocycles. The molecule has 5 rings (SSSR count). The number of aliphatic carboxylic acids is 3. The number of fused-ring (bicyclic) bond motifs is 1. The van der Waals surface area contributed by atoms with Gasteiger partial charge in [-0.1, -0.05) is 47.9 Å². The van der Waals surface area contributed by atoms with Gasteiger partial charge in [-0.15, -0.1) is 22.7 Å². The topological polar surface area (TPSA) is 243 Å². The van der Waals surface area contributed by atoms with E-state index in [-0.39, 0.29) is 46.3 Å². The molecule has 23 heteroatoms. The first-order valence-electron chi connectivity index (χ1n) is 14.2. The Morgan fingerprint density at radius 1 is 0.882 bits per heavy atom. The molecule has 4 N–H and O–H groups in total. The molecule has 1 fully saturated rings. The van der Waals surface area contributed by atoms with Crippen LogP contribution in [0.15, 0.2) is 49.5 Å². The third-order valence-electron chi connectivity index (χ3n) is 6.99. The predicted octanol–water partition coefficient (Wildman–Crippen LogP) is 0.128. The van der Waals surface area contributed by atoms with Crippen LogP contribution in [0.3, 0.4) is 0 Å². The van der Waals surface area contributed by atoms with Crippen LogP contribution in [0.2, 0.25) is 0 Å². The molecule has 270 valence electrons. The number of para-hydroxylation sites is 1. The third-order valence-corrected chi connectivity index (χ3v) is 13.0. The van der Waals surface area contributed by atoms with Crippen LogP contribution in [0.1, 0.15) is 6.42 Å². The van der Waals surface area contributed by atoms with Gasteiger partial charge < -0.3 is 25.0 Å². The van der Waals surface area contributed by atoms with Gasteiger partial charge in [-0.3, -0.25) is 47.4 Å². The molecule has 51 heavy (non-hydrogen) atoms. The Morgan fingerprint density at radius 2 is 1.51 bits per heavy atom. The minimum Gasteiger partial charge on any atom is -0.494 e. The van der Waals surface area contributed by atoms with Crippen LogP contribution in [0.25, 0.3) is 11.0 Å². The molecule has 3 aromatic rings. The van der Waals surface area contributed by atoms with Crippen molar-refractivity contribution >= 4 is 113 Å².